The molecular formula is C19H36N6O6. The van der Waals surface area contributed by atoms with Gasteiger partial charge < -0.3 is 38.3 Å². The average molecular weight is 445 g/mol. The minimum atomic E-state index is -1.32. The van der Waals surface area contributed by atoms with Crippen LogP contribution in [0.15, 0.2) is 0 Å². The van der Waals surface area contributed by atoms with E-state index in [0.717, 1.165) is 0 Å². The Morgan fingerprint density at radius 3 is 1.94 bits per heavy atom. The lowest BCUT2D eigenvalue weighted by Gasteiger charge is -2.27. The zero-order valence-electron chi connectivity index (χ0n) is 18.3. The lowest BCUT2D eigenvalue weighted by molar-refractivity contribution is -0.143. The summed E-state index contributed by atoms with van der Waals surface area (Å²) in [5.74, 6) is -4.55. The highest BCUT2D eigenvalue weighted by Gasteiger charge is 2.32. The van der Waals surface area contributed by atoms with Crippen LogP contribution in [-0.2, 0) is 24.0 Å². The summed E-state index contributed by atoms with van der Waals surface area (Å²) in [4.78, 5) is 60.2. The molecule has 5 unspecified atom stereocenters. The Kier molecular flexibility index (Phi) is 13.0. The Morgan fingerprint density at radius 2 is 1.48 bits per heavy atom. The molecule has 0 bridgehead atoms. The van der Waals surface area contributed by atoms with Crippen molar-refractivity contribution in [2.75, 3.05) is 6.54 Å². The van der Waals surface area contributed by atoms with Crippen LogP contribution in [0.2, 0.25) is 0 Å². The van der Waals surface area contributed by atoms with Gasteiger partial charge in [0.2, 0.25) is 23.6 Å². The zero-order valence-corrected chi connectivity index (χ0v) is 18.3. The SMILES string of the molecule is CCC(C)C(NC(=O)C(CC(N)=O)NC(=O)C(C)N)C(=O)NC(CCCCN)C(=O)O. The molecule has 0 aromatic carbocycles. The predicted molar refractivity (Wildman–Crippen MR) is 113 cm³/mol. The van der Waals surface area contributed by atoms with Gasteiger partial charge in [0.25, 0.3) is 0 Å². The van der Waals surface area contributed by atoms with Crippen molar-refractivity contribution in [1.29, 1.82) is 0 Å². The maximum absolute atomic E-state index is 12.8. The molecule has 178 valence electrons. The van der Waals surface area contributed by atoms with Gasteiger partial charge in [0.1, 0.15) is 18.1 Å². The first kappa shape index (κ1) is 28.3. The van der Waals surface area contributed by atoms with Crippen LogP contribution in [0.5, 0.6) is 0 Å². The molecule has 0 aliphatic heterocycles. The molecule has 5 atom stereocenters. The number of unbranched alkanes of at least 4 members (excludes halogenated alkanes) is 1. The summed E-state index contributed by atoms with van der Waals surface area (Å²) in [6.07, 6.45) is 1.32. The molecular weight excluding hydrogens is 408 g/mol. The third kappa shape index (κ3) is 10.7. The summed E-state index contributed by atoms with van der Waals surface area (Å²) in [5.41, 5.74) is 16.1. The highest BCUT2D eigenvalue weighted by Crippen LogP contribution is 2.10. The summed E-state index contributed by atoms with van der Waals surface area (Å²) >= 11 is 0. The van der Waals surface area contributed by atoms with Gasteiger partial charge in [-0.3, -0.25) is 19.2 Å². The molecule has 10 N–H and O–H groups in total. The molecule has 0 saturated carbocycles. The minimum absolute atomic E-state index is 0.189. The third-order valence-electron chi connectivity index (χ3n) is 4.81. The molecule has 0 aliphatic carbocycles. The number of primary amides is 1. The lowest BCUT2D eigenvalue weighted by atomic mass is 9.97. The fourth-order valence-corrected chi connectivity index (χ4v) is 2.68. The predicted octanol–water partition coefficient (Wildman–Crippen LogP) is -2.08. The van der Waals surface area contributed by atoms with Gasteiger partial charge in [-0.1, -0.05) is 20.3 Å². The Balaban J connectivity index is 5.44. The van der Waals surface area contributed by atoms with Gasteiger partial charge in [0, 0.05) is 0 Å². The molecule has 0 saturated heterocycles. The third-order valence-corrected chi connectivity index (χ3v) is 4.81. The second-order valence-electron chi connectivity index (χ2n) is 7.58. The molecule has 0 aromatic rings. The van der Waals surface area contributed by atoms with Crippen molar-refractivity contribution in [2.24, 2.45) is 23.1 Å². The van der Waals surface area contributed by atoms with E-state index in [-0.39, 0.29) is 12.3 Å². The Bertz CT molecular complexity index is 641. The quantitative estimate of drug-likeness (QED) is 0.139. The lowest BCUT2D eigenvalue weighted by Crippen LogP contribution is -2.59. The number of nitrogens with two attached hydrogens (primary N) is 3. The standard InChI is InChI=1S/C19H36N6O6/c1-4-10(2)15(18(29)23-12(19(30)31)7-5-6-8-20)25-17(28)13(9-14(22)26)24-16(27)11(3)21/h10-13,15H,4-9,20-21H2,1-3H3,(H2,22,26)(H,23,29)(H,24,27)(H,25,28)(H,30,31). The van der Waals surface area contributed by atoms with Gasteiger partial charge >= 0.3 is 5.97 Å². The summed E-state index contributed by atoms with van der Waals surface area (Å²) in [6, 6.07) is -4.48. The maximum atomic E-state index is 12.8. The fourth-order valence-electron chi connectivity index (χ4n) is 2.68. The van der Waals surface area contributed by atoms with Crippen LogP contribution in [0.25, 0.3) is 0 Å². The molecule has 0 radical (unpaired) electrons. The van der Waals surface area contributed by atoms with Crippen molar-refractivity contribution in [3.05, 3.63) is 0 Å². The minimum Gasteiger partial charge on any atom is -0.480 e. The van der Waals surface area contributed by atoms with E-state index in [1.165, 1.54) is 6.92 Å². The molecule has 0 rings (SSSR count). The van der Waals surface area contributed by atoms with E-state index in [4.69, 9.17) is 17.2 Å². The Hall–Kier alpha value is -2.73. The van der Waals surface area contributed by atoms with E-state index in [2.05, 4.69) is 16.0 Å². The first-order valence-corrected chi connectivity index (χ1v) is 10.3. The van der Waals surface area contributed by atoms with E-state index >= 15 is 0 Å². The van der Waals surface area contributed by atoms with Crippen molar-refractivity contribution in [3.63, 3.8) is 0 Å². The van der Waals surface area contributed by atoms with E-state index in [0.29, 0.717) is 25.8 Å². The number of rotatable bonds is 15. The monoisotopic (exact) mass is 444 g/mol. The number of aliphatic carboxylic acids is 1. The van der Waals surface area contributed by atoms with Crippen molar-refractivity contribution >= 4 is 29.6 Å². The van der Waals surface area contributed by atoms with E-state index in [9.17, 15) is 29.1 Å². The van der Waals surface area contributed by atoms with Gasteiger partial charge in [0.15, 0.2) is 0 Å². The normalized spacial score (nSPS) is 15.6. The van der Waals surface area contributed by atoms with Crippen LogP contribution in [0.4, 0.5) is 0 Å². The molecule has 31 heavy (non-hydrogen) atoms. The van der Waals surface area contributed by atoms with Gasteiger partial charge in [-0.2, -0.15) is 0 Å². The zero-order chi connectivity index (χ0) is 24.1. The second-order valence-corrected chi connectivity index (χ2v) is 7.58. The molecule has 0 spiro atoms. The average Bonchev–Trinajstić information content (AvgIpc) is 2.69. The number of hydrogen-bond acceptors (Lipinski definition) is 7. The summed E-state index contributed by atoms with van der Waals surface area (Å²) in [5, 5.41) is 16.6. The maximum Gasteiger partial charge on any atom is 0.326 e. The molecule has 0 aromatic heterocycles. The summed E-state index contributed by atoms with van der Waals surface area (Å²) in [7, 11) is 0. The van der Waals surface area contributed by atoms with E-state index < -0.39 is 60.2 Å². The van der Waals surface area contributed by atoms with Crippen LogP contribution in [-0.4, -0.2) is 65.4 Å². The fraction of sp³-hybridized carbons (Fsp3) is 0.737. The molecule has 0 heterocycles. The Morgan fingerprint density at radius 1 is 0.903 bits per heavy atom. The van der Waals surface area contributed by atoms with Crippen LogP contribution < -0.4 is 33.2 Å². The number of carboxylic acid groups (broad SMARTS) is 1. The van der Waals surface area contributed by atoms with Crippen LogP contribution in [0.1, 0.15) is 52.9 Å². The van der Waals surface area contributed by atoms with Crippen molar-refractivity contribution < 1.29 is 29.1 Å². The van der Waals surface area contributed by atoms with Crippen molar-refractivity contribution in [1.82, 2.24) is 16.0 Å². The number of amides is 4. The van der Waals surface area contributed by atoms with Crippen molar-refractivity contribution in [2.45, 2.75) is 77.0 Å². The van der Waals surface area contributed by atoms with Crippen LogP contribution >= 0.6 is 0 Å². The molecule has 0 fully saturated rings. The molecule has 12 nitrogen and oxygen atoms in total. The number of carbonyl (C=O) groups excluding carboxylic acids is 4. The van der Waals surface area contributed by atoms with Gasteiger partial charge in [0.05, 0.1) is 12.5 Å². The molecule has 4 amide bonds. The number of carbonyl (C=O) groups is 5. The second kappa shape index (κ2) is 14.3. The van der Waals surface area contributed by atoms with E-state index in [1.54, 1.807) is 13.8 Å². The highest BCUT2D eigenvalue weighted by molar-refractivity contribution is 5.96. The van der Waals surface area contributed by atoms with Gasteiger partial charge in [-0.05, 0) is 38.6 Å². The number of nitrogens with one attached hydrogen (secondary N) is 3. The Labute approximate surface area is 182 Å². The van der Waals surface area contributed by atoms with Crippen LogP contribution in [0, 0.1) is 5.92 Å². The van der Waals surface area contributed by atoms with Gasteiger partial charge in [-0.25, -0.2) is 4.79 Å². The molecule has 12 heteroatoms. The topological polar surface area (TPSA) is 220 Å². The first-order valence-electron chi connectivity index (χ1n) is 10.3. The highest BCUT2D eigenvalue weighted by atomic mass is 16.4. The summed E-state index contributed by atoms with van der Waals surface area (Å²) in [6.45, 7) is 5.31. The summed E-state index contributed by atoms with van der Waals surface area (Å²) < 4.78 is 0. The smallest absolute Gasteiger partial charge is 0.326 e. The van der Waals surface area contributed by atoms with Gasteiger partial charge in [-0.15, -0.1) is 0 Å². The molecule has 0 aliphatic rings. The largest absolute Gasteiger partial charge is 0.480 e. The number of hydrogen-bond donors (Lipinski definition) is 7. The first-order chi connectivity index (χ1) is 14.4. The van der Waals surface area contributed by atoms with Crippen molar-refractivity contribution in [3.8, 4) is 0 Å². The van der Waals surface area contributed by atoms with E-state index in [1.807, 2.05) is 0 Å². The number of carboxylic acids is 1. The van der Waals surface area contributed by atoms with Crippen LogP contribution in [0.3, 0.4) is 0 Å².